The van der Waals surface area contributed by atoms with Gasteiger partial charge in [-0.15, -0.1) is 24.8 Å². The summed E-state index contributed by atoms with van der Waals surface area (Å²) in [7, 11) is 0. The van der Waals surface area contributed by atoms with Gasteiger partial charge < -0.3 is 15.5 Å². The molecule has 0 spiro atoms. The van der Waals surface area contributed by atoms with Gasteiger partial charge in [0, 0.05) is 37.7 Å². The topological polar surface area (TPSA) is 57.3 Å². The third-order valence-corrected chi connectivity index (χ3v) is 3.60. The molecule has 0 aliphatic heterocycles. The van der Waals surface area contributed by atoms with Crippen molar-refractivity contribution in [1.82, 2.24) is 15.6 Å². The summed E-state index contributed by atoms with van der Waals surface area (Å²) >= 11 is 0. The van der Waals surface area contributed by atoms with Gasteiger partial charge in [-0.05, 0) is 36.7 Å². The zero-order valence-corrected chi connectivity index (χ0v) is 16.7. The predicted molar refractivity (Wildman–Crippen MR) is 112 cm³/mol. The number of halogens is 2. The molecule has 7 heteroatoms. The molecular formula is C19H28Cl2N4O. The number of rotatable bonds is 10. The van der Waals surface area contributed by atoms with Crippen molar-refractivity contribution in [3.05, 3.63) is 60.4 Å². The Bertz CT molecular complexity index is 599. The van der Waals surface area contributed by atoms with Gasteiger partial charge >= 0.3 is 0 Å². The van der Waals surface area contributed by atoms with Crippen molar-refractivity contribution in [2.24, 2.45) is 0 Å². The van der Waals surface area contributed by atoms with Gasteiger partial charge in [0.1, 0.15) is 0 Å². The van der Waals surface area contributed by atoms with E-state index in [0.29, 0.717) is 19.6 Å². The average Bonchev–Trinajstić information content (AvgIpc) is 2.62. The van der Waals surface area contributed by atoms with Gasteiger partial charge in [-0.25, -0.2) is 0 Å². The number of para-hydroxylation sites is 1. The van der Waals surface area contributed by atoms with Gasteiger partial charge in [-0.3, -0.25) is 9.78 Å². The van der Waals surface area contributed by atoms with Crippen LogP contribution in [0.1, 0.15) is 18.9 Å². The van der Waals surface area contributed by atoms with Gasteiger partial charge in [-0.1, -0.05) is 31.2 Å². The Morgan fingerprint density at radius 3 is 2.46 bits per heavy atom. The van der Waals surface area contributed by atoms with E-state index in [-0.39, 0.29) is 30.7 Å². The molecule has 0 bridgehead atoms. The Morgan fingerprint density at radius 2 is 1.81 bits per heavy atom. The molecule has 0 saturated carbocycles. The van der Waals surface area contributed by atoms with E-state index in [1.165, 1.54) is 0 Å². The fraction of sp³-hybridized carbons (Fsp3) is 0.368. The summed E-state index contributed by atoms with van der Waals surface area (Å²) in [6.07, 6.45) is 4.69. The molecule has 0 unspecified atom stereocenters. The zero-order chi connectivity index (χ0) is 17.0. The predicted octanol–water partition coefficient (Wildman–Crippen LogP) is 3.05. The van der Waals surface area contributed by atoms with Gasteiger partial charge in [-0.2, -0.15) is 0 Å². The molecule has 144 valence electrons. The lowest BCUT2D eigenvalue weighted by Crippen LogP contribution is -2.39. The quantitative estimate of drug-likeness (QED) is 0.603. The number of carbonyl (C=O) groups is 1. The summed E-state index contributed by atoms with van der Waals surface area (Å²) in [5.74, 6) is 0.0287. The van der Waals surface area contributed by atoms with Crippen LogP contribution in [0.15, 0.2) is 54.9 Å². The Morgan fingerprint density at radius 1 is 1.04 bits per heavy atom. The maximum atomic E-state index is 12.3. The Kier molecular flexibility index (Phi) is 13.4. The van der Waals surface area contributed by atoms with Crippen LogP contribution < -0.4 is 15.5 Å². The lowest BCUT2D eigenvalue weighted by molar-refractivity contribution is -0.119. The highest BCUT2D eigenvalue weighted by Crippen LogP contribution is 2.16. The third kappa shape index (κ3) is 9.04. The normalized spacial score (nSPS) is 9.58. The Hall–Kier alpha value is -1.82. The number of aromatic nitrogens is 1. The summed E-state index contributed by atoms with van der Waals surface area (Å²) in [6.45, 7) is 5.53. The molecule has 0 fully saturated rings. The van der Waals surface area contributed by atoms with Crippen LogP contribution in [0, 0.1) is 0 Å². The molecule has 2 aromatic rings. The van der Waals surface area contributed by atoms with Crippen LogP contribution in [0.25, 0.3) is 0 Å². The van der Waals surface area contributed by atoms with Gasteiger partial charge in [0.25, 0.3) is 0 Å². The maximum Gasteiger partial charge on any atom is 0.239 e. The molecular weight excluding hydrogens is 371 g/mol. The summed E-state index contributed by atoms with van der Waals surface area (Å²) in [5.41, 5.74) is 2.11. The Labute approximate surface area is 168 Å². The van der Waals surface area contributed by atoms with Crippen LogP contribution in [-0.2, 0) is 11.3 Å². The van der Waals surface area contributed by atoms with E-state index in [1.807, 2.05) is 48.7 Å². The molecule has 0 radical (unpaired) electrons. The number of carbonyl (C=O) groups excluding carboxylic acids is 1. The number of pyridine rings is 1. The Balaban J connectivity index is 0.00000312. The van der Waals surface area contributed by atoms with Crippen LogP contribution in [-0.4, -0.2) is 37.1 Å². The summed E-state index contributed by atoms with van der Waals surface area (Å²) < 4.78 is 0. The van der Waals surface area contributed by atoms with E-state index < -0.39 is 0 Å². The highest BCUT2D eigenvalue weighted by Gasteiger charge is 2.12. The van der Waals surface area contributed by atoms with E-state index in [1.54, 1.807) is 6.20 Å². The van der Waals surface area contributed by atoms with Crippen LogP contribution in [0.5, 0.6) is 0 Å². The highest BCUT2D eigenvalue weighted by molar-refractivity contribution is 5.85. The zero-order valence-electron chi connectivity index (χ0n) is 15.1. The molecule has 0 aliphatic carbocycles. The second-order valence-corrected chi connectivity index (χ2v) is 5.65. The number of amides is 1. The number of hydrogen-bond donors (Lipinski definition) is 2. The molecule has 2 rings (SSSR count). The molecule has 1 heterocycles. The number of benzene rings is 1. The van der Waals surface area contributed by atoms with Gasteiger partial charge in [0.05, 0.1) is 6.54 Å². The van der Waals surface area contributed by atoms with Crippen molar-refractivity contribution in [3.8, 4) is 0 Å². The van der Waals surface area contributed by atoms with E-state index in [2.05, 4.69) is 27.4 Å². The van der Waals surface area contributed by atoms with Crippen molar-refractivity contribution in [3.63, 3.8) is 0 Å². The average molecular weight is 399 g/mol. The van der Waals surface area contributed by atoms with Crippen LogP contribution in [0.2, 0.25) is 0 Å². The molecule has 26 heavy (non-hydrogen) atoms. The minimum atomic E-state index is 0. The van der Waals surface area contributed by atoms with Crippen molar-refractivity contribution < 1.29 is 4.79 Å². The number of nitrogens with one attached hydrogen (secondary N) is 2. The number of hydrogen-bond acceptors (Lipinski definition) is 4. The highest BCUT2D eigenvalue weighted by atomic mass is 35.5. The smallest absolute Gasteiger partial charge is 0.239 e. The lowest BCUT2D eigenvalue weighted by Gasteiger charge is -2.24. The van der Waals surface area contributed by atoms with E-state index in [9.17, 15) is 4.79 Å². The van der Waals surface area contributed by atoms with Gasteiger partial charge in [0.15, 0.2) is 0 Å². The second-order valence-electron chi connectivity index (χ2n) is 5.65. The maximum absolute atomic E-state index is 12.3. The lowest BCUT2D eigenvalue weighted by atomic mass is 10.2. The van der Waals surface area contributed by atoms with E-state index >= 15 is 0 Å². The first-order chi connectivity index (χ1) is 11.8. The minimum Gasteiger partial charge on any atom is -0.358 e. The van der Waals surface area contributed by atoms with Crippen molar-refractivity contribution in [2.75, 3.05) is 31.1 Å². The van der Waals surface area contributed by atoms with Crippen molar-refractivity contribution in [1.29, 1.82) is 0 Å². The minimum absolute atomic E-state index is 0. The number of anilines is 1. The van der Waals surface area contributed by atoms with Crippen LogP contribution in [0.4, 0.5) is 5.69 Å². The molecule has 0 saturated heterocycles. The molecule has 1 aromatic carbocycles. The fourth-order valence-electron chi connectivity index (χ4n) is 2.41. The van der Waals surface area contributed by atoms with Crippen molar-refractivity contribution >= 4 is 36.4 Å². The second kappa shape index (κ2) is 14.4. The molecule has 2 N–H and O–H groups in total. The fourth-order valence-corrected chi connectivity index (χ4v) is 2.41. The SMILES string of the molecule is CCCNCCNC(=O)CN(Cc1cccnc1)c1ccccc1.Cl.Cl. The van der Waals surface area contributed by atoms with Crippen LogP contribution in [0.3, 0.4) is 0 Å². The first-order valence-electron chi connectivity index (χ1n) is 8.46. The first-order valence-corrected chi connectivity index (χ1v) is 8.46. The molecule has 1 amide bonds. The van der Waals surface area contributed by atoms with E-state index in [4.69, 9.17) is 0 Å². The van der Waals surface area contributed by atoms with Gasteiger partial charge in [0.2, 0.25) is 5.91 Å². The largest absolute Gasteiger partial charge is 0.358 e. The molecule has 0 aliphatic rings. The molecule has 1 aromatic heterocycles. The first kappa shape index (κ1) is 24.2. The number of nitrogens with zero attached hydrogens (tertiary/aromatic N) is 2. The summed E-state index contributed by atoms with van der Waals surface area (Å²) in [6, 6.07) is 13.9. The van der Waals surface area contributed by atoms with Crippen LogP contribution >= 0.6 is 24.8 Å². The molecule has 5 nitrogen and oxygen atoms in total. The molecule has 0 atom stereocenters. The van der Waals surface area contributed by atoms with Crippen molar-refractivity contribution in [2.45, 2.75) is 19.9 Å². The summed E-state index contributed by atoms with van der Waals surface area (Å²) in [4.78, 5) is 18.5. The third-order valence-electron chi connectivity index (χ3n) is 3.60. The standard InChI is InChI=1S/C19H26N4O.2ClH/c1-2-10-20-12-13-22-19(24)16-23(18-8-4-3-5-9-18)15-17-7-6-11-21-14-17;;/h3-9,11,14,20H,2,10,12-13,15-16H2,1H3,(H,22,24);2*1H. The summed E-state index contributed by atoms with van der Waals surface area (Å²) in [5, 5.41) is 6.25. The monoisotopic (exact) mass is 398 g/mol. The van der Waals surface area contributed by atoms with E-state index in [0.717, 1.165) is 30.8 Å².